The van der Waals surface area contributed by atoms with E-state index in [9.17, 15) is 13.6 Å². The number of piperidine rings is 1. The lowest BCUT2D eigenvalue weighted by atomic mass is 9.88. The van der Waals surface area contributed by atoms with Crippen LogP contribution in [0, 0.1) is 11.6 Å². The molecular formula is C27H32F2N4O. The first-order valence-electron chi connectivity index (χ1n) is 12.1. The zero-order valence-corrected chi connectivity index (χ0v) is 19.4. The topological polar surface area (TPSA) is 70.7 Å². The number of nitrogens with one attached hydrogen (secondary N) is 1. The number of carbonyl (C=O) groups is 1. The molecule has 2 aliphatic rings. The molecular weight excluding hydrogens is 434 g/mol. The predicted molar refractivity (Wildman–Crippen MR) is 131 cm³/mol. The van der Waals surface area contributed by atoms with Gasteiger partial charge in [-0.1, -0.05) is 30.3 Å². The summed E-state index contributed by atoms with van der Waals surface area (Å²) in [5.41, 5.74) is 9.25. The third kappa shape index (κ3) is 6.29. The average molecular weight is 467 g/mol. The summed E-state index contributed by atoms with van der Waals surface area (Å²) >= 11 is 0. The van der Waals surface area contributed by atoms with Crippen LogP contribution >= 0.6 is 0 Å². The Kier molecular flexibility index (Phi) is 8.06. The summed E-state index contributed by atoms with van der Waals surface area (Å²) in [4.78, 5) is 19.8. The van der Waals surface area contributed by atoms with Gasteiger partial charge in [-0.2, -0.15) is 0 Å². The van der Waals surface area contributed by atoms with Crippen molar-refractivity contribution in [3.05, 3.63) is 77.0 Å². The monoisotopic (exact) mass is 466 g/mol. The van der Waals surface area contributed by atoms with Gasteiger partial charge in [0.2, 0.25) is 0 Å². The number of rotatable bonds is 7. The molecule has 1 saturated heterocycles. The summed E-state index contributed by atoms with van der Waals surface area (Å²) < 4.78 is 27.7. The average Bonchev–Trinajstić information content (AvgIpc) is 2.84. The maximum atomic E-state index is 13.8. The fourth-order valence-electron chi connectivity index (χ4n) is 4.67. The minimum absolute atomic E-state index is 0.0809. The number of carbonyl (C=O) groups excluding carboxylic acids is 1. The number of likely N-dealkylation sites (tertiary alicyclic amines) is 1. The largest absolute Gasteiger partial charge is 0.402 e. The Morgan fingerprint density at radius 1 is 1.06 bits per heavy atom. The van der Waals surface area contributed by atoms with Gasteiger partial charge < -0.3 is 16.0 Å². The molecule has 3 N–H and O–H groups in total. The van der Waals surface area contributed by atoms with Crippen LogP contribution in [0.25, 0.3) is 0 Å². The van der Waals surface area contributed by atoms with Crippen LogP contribution in [0.5, 0.6) is 0 Å². The normalized spacial score (nSPS) is 19.4. The number of aliphatic imine (C=N–C) groups is 1. The van der Waals surface area contributed by atoms with Crippen LogP contribution in [-0.2, 0) is 11.2 Å². The molecule has 2 aromatic carbocycles. The molecule has 4 rings (SSSR count). The lowest BCUT2D eigenvalue weighted by Crippen LogP contribution is -2.43. The van der Waals surface area contributed by atoms with Gasteiger partial charge in [0.25, 0.3) is 5.91 Å². The molecule has 180 valence electrons. The van der Waals surface area contributed by atoms with E-state index in [1.165, 1.54) is 5.56 Å². The molecule has 1 fully saturated rings. The van der Waals surface area contributed by atoms with E-state index in [-0.39, 0.29) is 23.3 Å². The minimum Gasteiger partial charge on any atom is -0.402 e. The van der Waals surface area contributed by atoms with Crippen molar-refractivity contribution in [2.75, 3.05) is 19.6 Å². The molecule has 2 aromatic rings. The predicted octanol–water partition coefficient (Wildman–Crippen LogP) is 4.65. The number of halogens is 2. The molecule has 0 aromatic heterocycles. The molecule has 7 heteroatoms. The Morgan fingerprint density at radius 2 is 1.76 bits per heavy atom. The molecule has 0 saturated carbocycles. The molecule has 34 heavy (non-hydrogen) atoms. The van der Waals surface area contributed by atoms with Gasteiger partial charge in [0.1, 0.15) is 17.3 Å². The van der Waals surface area contributed by atoms with Gasteiger partial charge in [0, 0.05) is 36.5 Å². The van der Waals surface area contributed by atoms with Crippen LogP contribution in [0.3, 0.4) is 0 Å². The van der Waals surface area contributed by atoms with Crippen LogP contribution in [0.4, 0.5) is 14.5 Å². The van der Waals surface area contributed by atoms with E-state index in [2.05, 4.69) is 22.4 Å². The number of amides is 1. The maximum absolute atomic E-state index is 13.8. The Labute approximate surface area is 199 Å². The van der Waals surface area contributed by atoms with Crippen LogP contribution in [0.2, 0.25) is 0 Å². The van der Waals surface area contributed by atoms with Gasteiger partial charge in [0.05, 0.1) is 5.69 Å². The smallest absolute Gasteiger partial charge is 0.272 e. The van der Waals surface area contributed by atoms with Gasteiger partial charge in [-0.3, -0.25) is 4.79 Å². The van der Waals surface area contributed by atoms with Crippen LogP contribution in [0.1, 0.15) is 44.1 Å². The van der Waals surface area contributed by atoms with E-state index < -0.39 is 11.6 Å². The highest BCUT2D eigenvalue weighted by Crippen LogP contribution is 2.27. The summed E-state index contributed by atoms with van der Waals surface area (Å²) in [5.74, 6) is -1.67. The van der Waals surface area contributed by atoms with Crippen LogP contribution in [0.15, 0.2) is 64.8 Å². The van der Waals surface area contributed by atoms with Crippen molar-refractivity contribution >= 4 is 17.3 Å². The number of hydrogen-bond donors (Lipinski definition) is 2. The first-order valence-corrected chi connectivity index (χ1v) is 12.1. The molecule has 0 bridgehead atoms. The number of hydrogen-bond acceptors (Lipinski definition) is 4. The van der Waals surface area contributed by atoms with Crippen molar-refractivity contribution in [1.29, 1.82) is 0 Å². The number of nitrogens with two attached hydrogens (primary N) is 1. The Balaban J connectivity index is 1.56. The lowest BCUT2D eigenvalue weighted by Gasteiger charge is -2.31. The van der Waals surface area contributed by atoms with E-state index in [1.807, 2.05) is 18.2 Å². The Bertz CT molecular complexity index is 1040. The summed E-state index contributed by atoms with van der Waals surface area (Å²) in [7, 11) is 0. The molecule has 1 unspecified atom stereocenters. The quantitative estimate of drug-likeness (QED) is 0.584. The van der Waals surface area contributed by atoms with Crippen molar-refractivity contribution < 1.29 is 13.6 Å². The second-order valence-corrected chi connectivity index (χ2v) is 9.07. The van der Waals surface area contributed by atoms with E-state index in [0.29, 0.717) is 37.2 Å². The Morgan fingerprint density at radius 3 is 2.47 bits per heavy atom. The van der Waals surface area contributed by atoms with Crippen molar-refractivity contribution in [1.82, 2.24) is 10.2 Å². The molecule has 1 heterocycles. The summed E-state index contributed by atoms with van der Waals surface area (Å²) in [6, 6.07) is 13.5. The zero-order valence-electron chi connectivity index (χ0n) is 19.4. The van der Waals surface area contributed by atoms with E-state index in [1.54, 1.807) is 4.90 Å². The van der Waals surface area contributed by atoms with E-state index in [0.717, 1.165) is 56.8 Å². The summed E-state index contributed by atoms with van der Waals surface area (Å²) in [5, 5.41) is 3.59. The van der Waals surface area contributed by atoms with Crippen molar-refractivity contribution in [2.24, 2.45) is 10.7 Å². The fourth-order valence-corrected chi connectivity index (χ4v) is 4.67. The standard InChI is InChI=1S/C27H32F2N4O/c28-20-15-21(29)17-23(16-20)32-26(27(34)33-13-5-2-6-14-33)24-18-22(9-10-25(24)30)31-12-11-19-7-3-1-4-8-19/h1,3-4,7-8,15-17,22,31H,2,5-6,9-14,18,30H2. The molecule has 0 spiro atoms. The molecule has 0 radical (unpaired) electrons. The first-order chi connectivity index (χ1) is 16.5. The molecule has 1 aliphatic heterocycles. The lowest BCUT2D eigenvalue weighted by molar-refractivity contribution is -0.124. The van der Waals surface area contributed by atoms with E-state index in [4.69, 9.17) is 5.73 Å². The van der Waals surface area contributed by atoms with Gasteiger partial charge in [0.15, 0.2) is 0 Å². The Hall–Kier alpha value is -3.06. The van der Waals surface area contributed by atoms with Crippen LogP contribution in [-0.4, -0.2) is 42.2 Å². The summed E-state index contributed by atoms with van der Waals surface area (Å²) in [6.07, 6.45) is 5.92. The maximum Gasteiger partial charge on any atom is 0.272 e. The fraction of sp³-hybridized carbons (Fsp3) is 0.407. The molecule has 5 nitrogen and oxygen atoms in total. The third-order valence-corrected chi connectivity index (χ3v) is 6.51. The third-order valence-electron chi connectivity index (χ3n) is 6.51. The number of nitrogens with zero attached hydrogens (tertiary/aromatic N) is 2. The summed E-state index contributed by atoms with van der Waals surface area (Å²) in [6.45, 7) is 2.12. The number of allylic oxidation sites excluding steroid dienone is 1. The van der Waals surface area contributed by atoms with Crippen molar-refractivity contribution in [3.63, 3.8) is 0 Å². The van der Waals surface area contributed by atoms with E-state index >= 15 is 0 Å². The first kappa shape index (κ1) is 24.1. The van der Waals surface area contributed by atoms with Crippen LogP contribution < -0.4 is 11.1 Å². The number of benzene rings is 2. The second kappa shape index (κ2) is 11.4. The van der Waals surface area contributed by atoms with Gasteiger partial charge in [-0.15, -0.1) is 0 Å². The zero-order chi connectivity index (χ0) is 23.9. The van der Waals surface area contributed by atoms with Gasteiger partial charge in [-0.25, -0.2) is 13.8 Å². The highest BCUT2D eigenvalue weighted by atomic mass is 19.1. The van der Waals surface area contributed by atoms with Crippen molar-refractivity contribution in [3.8, 4) is 0 Å². The highest BCUT2D eigenvalue weighted by Gasteiger charge is 2.30. The minimum atomic E-state index is -0.727. The molecule has 1 aliphatic carbocycles. The SMILES string of the molecule is NC1=C(C(=Nc2cc(F)cc(F)c2)C(=O)N2CCCCC2)CC(NCCc2ccccc2)CC1. The van der Waals surface area contributed by atoms with Gasteiger partial charge >= 0.3 is 0 Å². The van der Waals surface area contributed by atoms with Gasteiger partial charge in [-0.05, 0) is 69.2 Å². The second-order valence-electron chi connectivity index (χ2n) is 9.07. The molecule has 1 amide bonds. The highest BCUT2D eigenvalue weighted by molar-refractivity contribution is 6.45. The molecule has 1 atom stereocenters. The van der Waals surface area contributed by atoms with Crippen molar-refractivity contribution in [2.45, 2.75) is 51.0 Å².